The molecule has 0 bridgehead atoms. The number of halogens is 9. The molecule has 0 aromatic heterocycles. The average Bonchev–Trinajstić information content (AvgIpc) is 2.07. The minimum absolute atomic E-state index is 1.06. The van der Waals surface area contributed by atoms with Crippen molar-refractivity contribution in [3.8, 4) is 0 Å². The van der Waals surface area contributed by atoms with Crippen LogP contribution in [0.15, 0.2) is 4.99 Å². The summed E-state index contributed by atoms with van der Waals surface area (Å²) < 4.78 is 108. The van der Waals surface area contributed by atoms with E-state index in [9.17, 15) is 39.5 Å². The molecule has 0 amide bonds. The zero-order valence-corrected chi connectivity index (χ0v) is 6.35. The Morgan fingerprint density at radius 1 is 0.867 bits per heavy atom. The van der Waals surface area contributed by atoms with E-state index in [0.29, 0.717) is 0 Å². The van der Waals surface area contributed by atoms with Crippen LogP contribution >= 0.6 is 0 Å². The minimum Gasteiger partial charge on any atom is -0.204 e. The van der Waals surface area contributed by atoms with Gasteiger partial charge in [0.25, 0.3) is 0 Å². The van der Waals surface area contributed by atoms with Gasteiger partial charge in [-0.25, -0.2) is 4.99 Å². The van der Waals surface area contributed by atoms with E-state index >= 15 is 0 Å². The fourth-order valence-electron chi connectivity index (χ4n) is 0.860. The van der Waals surface area contributed by atoms with E-state index in [0.717, 1.165) is 4.99 Å². The van der Waals surface area contributed by atoms with E-state index in [-0.39, 0.29) is 0 Å². The van der Waals surface area contributed by atoms with Crippen LogP contribution in [-0.2, 0) is 0 Å². The van der Waals surface area contributed by atoms with Gasteiger partial charge >= 0.3 is 24.1 Å². The van der Waals surface area contributed by atoms with Gasteiger partial charge in [-0.2, -0.15) is 39.5 Å². The SMILES string of the molecule is FC(F)(F)C1=NC(F)(F)C(F)(F)C1(F)F. The Hall–Kier alpha value is -0.960. The molecule has 1 heterocycles. The van der Waals surface area contributed by atoms with E-state index in [1.54, 1.807) is 0 Å². The first-order valence-electron chi connectivity index (χ1n) is 3.15. The molecule has 15 heavy (non-hydrogen) atoms. The smallest absolute Gasteiger partial charge is 0.204 e. The normalized spacial score (nSPS) is 27.7. The Morgan fingerprint density at radius 2 is 1.27 bits per heavy atom. The molecule has 0 aromatic rings. The van der Waals surface area contributed by atoms with E-state index in [1.165, 1.54) is 0 Å². The molecule has 1 aliphatic heterocycles. The van der Waals surface area contributed by atoms with Crippen LogP contribution in [0.1, 0.15) is 0 Å². The number of rotatable bonds is 0. The first-order valence-corrected chi connectivity index (χ1v) is 3.15. The van der Waals surface area contributed by atoms with E-state index in [2.05, 4.69) is 0 Å². The summed E-state index contributed by atoms with van der Waals surface area (Å²) in [5.74, 6) is -12.2. The van der Waals surface area contributed by atoms with Crippen LogP contribution in [0.5, 0.6) is 0 Å². The second-order valence-corrected chi connectivity index (χ2v) is 2.65. The lowest BCUT2D eigenvalue weighted by Gasteiger charge is -2.23. The molecule has 10 heteroatoms. The molecule has 1 nitrogen and oxygen atoms in total. The number of aliphatic imine (C=N–C) groups is 1. The summed E-state index contributed by atoms with van der Waals surface area (Å²) in [5.41, 5.74) is -3.47. The highest BCUT2D eigenvalue weighted by Gasteiger charge is 2.82. The predicted octanol–water partition coefficient (Wildman–Crippen LogP) is 2.87. The largest absolute Gasteiger partial charge is 0.435 e. The van der Waals surface area contributed by atoms with Crippen LogP contribution in [0.3, 0.4) is 0 Å². The Bertz CT molecular complexity index is 311. The highest BCUT2D eigenvalue weighted by molar-refractivity contribution is 5.99. The molecular weight excluding hydrogens is 245 g/mol. The van der Waals surface area contributed by atoms with Crippen LogP contribution in [0.25, 0.3) is 0 Å². The zero-order chi connectivity index (χ0) is 12.3. The standard InChI is InChI=1S/C5F9N/c6-2(7)1(3(8,9)10)15-5(13,14)4(2,11)12. The molecule has 0 N–H and O–H groups in total. The van der Waals surface area contributed by atoms with Crippen molar-refractivity contribution in [1.29, 1.82) is 0 Å². The van der Waals surface area contributed by atoms with Crippen molar-refractivity contribution < 1.29 is 39.5 Å². The summed E-state index contributed by atoms with van der Waals surface area (Å²) in [4.78, 5) is 1.06. The number of hydrogen-bond donors (Lipinski definition) is 0. The Kier molecular flexibility index (Phi) is 2.09. The Balaban J connectivity index is 3.35. The monoisotopic (exact) mass is 245 g/mol. The maximum atomic E-state index is 12.3. The third-order valence-corrected chi connectivity index (χ3v) is 1.59. The summed E-state index contributed by atoms with van der Waals surface area (Å²) in [6.45, 7) is 0. The maximum Gasteiger partial charge on any atom is 0.435 e. The average molecular weight is 245 g/mol. The van der Waals surface area contributed by atoms with Crippen molar-refractivity contribution in [3.63, 3.8) is 0 Å². The summed E-state index contributed by atoms with van der Waals surface area (Å²) in [5, 5.41) is 0. The maximum absolute atomic E-state index is 12.3. The van der Waals surface area contributed by atoms with Gasteiger partial charge in [0.15, 0.2) is 5.71 Å². The van der Waals surface area contributed by atoms with E-state index < -0.39 is 29.8 Å². The Labute approximate surface area is 75.6 Å². The van der Waals surface area contributed by atoms with E-state index in [1.807, 2.05) is 0 Å². The lowest BCUT2D eigenvalue weighted by atomic mass is 10.1. The summed E-state index contributed by atoms with van der Waals surface area (Å²) in [7, 11) is 0. The summed E-state index contributed by atoms with van der Waals surface area (Å²) in [6, 6.07) is -5.76. The molecule has 1 rings (SSSR count). The number of nitrogens with zero attached hydrogens (tertiary/aromatic N) is 1. The zero-order valence-electron chi connectivity index (χ0n) is 6.35. The minimum atomic E-state index is -6.18. The molecule has 0 radical (unpaired) electrons. The molecule has 0 aliphatic carbocycles. The molecule has 0 saturated carbocycles. The fraction of sp³-hybridized carbons (Fsp3) is 0.800. The third kappa shape index (κ3) is 1.37. The second kappa shape index (κ2) is 2.59. The molecule has 0 saturated heterocycles. The van der Waals surface area contributed by atoms with Crippen molar-refractivity contribution >= 4 is 5.71 Å². The van der Waals surface area contributed by atoms with Crippen molar-refractivity contribution in [1.82, 2.24) is 0 Å². The van der Waals surface area contributed by atoms with Gasteiger partial charge in [0.1, 0.15) is 0 Å². The molecule has 0 spiro atoms. The van der Waals surface area contributed by atoms with E-state index in [4.69, 9.17) is 0 Å². The first kappa shape index (κ1) is 12.1. The lowest BCUT2D eigenvalue weighted by Crippen LogP contribution is -2.53. The van der Waals surface area contributed by atoms with Crippen molar-refractivity contribution in [2.24, 2.45) is 4.99 Å². The Morgan fingerprint density at radius 3 is 1.40 bits per heavy atom. The highest BCUT2D eigenvalue weighted by atomic mass is 19.4. The van der Waals surface area contributed by atoms with Gasteiger partial charge in [0.2, 0.25) is 0 Å². The summed E-state index contributed by atoms with van der Waals surface area (Å²) >= 11 is 0. The van der Waals surface area contributed by atoms with Gasteiger partial charge in [-0.3, -0.25) is 0 Å². The quantitative estimate of drug-likeness (QED) is 0.459. The van der Waals surface area contributed by atoms with Gasteiger partial charge in [-0.15, -0.1) is 0 Å². The van der Waals surface area contributed by atoms with Gasteiger partial charge in [0, 0.05) is 0 Å². The van der Waals surface area contributed by atoms with Crippen molar-refractivity contribution in [3.05, 3.63) is 0 Å². The molecule has 0 aromatic carbocycles. The van der Waals surface area contributed by atoms with Gasteiger partial charge in [-0.1, -0.05) is 0 Å². The van der Waals surface area contributed by atoms with Crippen LogP contribution in [-0.4, -0.2) is 29.8 Å². The number of alkyl halides is 9. The van der Waals surface area contributed by atoms with Crippen molar-refractivity contribution in [2.75, 3.05) is 0 Å². The van der Waals surface area contributed by atoms with Gasteiger partial charge in [0.05, 0.1) is 0 Å². The first-order chi connectivity index (χ1) is 6.34. The van der Waals surface area contributed by atoms with Crippen LogP contribution in [0.4, 0.5) is 39.5 Å². The number of hydrogen-bond acceptors (Lipinski definition) is 1. The van der Waals surface area contributed by atoms with Crippen LogP contribution < -0.4 is 0 Å². The van der Waals surface area contributed by atoms with Crippen LogP contribution in [0.2, 0.25) is 0 Å². The predicted molar refractivity (Wildman–Crippen MR) is 28.3 cm³/mol. The highest BCUT2D eigenvalue weighted by Crippen LogP contribution is 2.54. The van der Waals surface area contributed by atoms with Gasteiger partial charge < -0.3 is 0 Å². The topological polar surface area (TPSA) is 12.4 Å². The second-order valence-electron chi connectivity index (χ2n) is 2.65. The van der Waals surface area contributed by atoms with Crippen molar-refractivity contribution in [2.45, 2.75) is 24.1 Å². The van der Waals surface area contributed by atoms with Gasteiger partial charge in [-0.05, 0) is 0 Å². The molecule has 0 unspecified atom stereocenters. The molecule has 88 valence electrons. The fourth-order valence-corrected chi connectivity index (χ4v) is 0.860. The molecule has 1 aliphatic rings. The van der Waals surface area contributed by atoms with Crippen LogP contribution in [0, 0.1) is 0 Å². The lowest BCUT2D eigenvalue weighted by molar-refractivity contribution is -0.269. The third-order valence-electron chi connectivity index (χ3n) is 1.59. The molecule has 0 fully saturated rings. The summed E-state index contributed by atoms with van der Waals surface area (Å²) in [6.07, 6.45) is -6.03. The molecule has 0 atom stereocenters. The molecular formula is C5F9N.